The molecular formula is C11H14O. The van der Waals surface area contributed by atoms with Crippen LogP contribution < -0.4 is 0 Å². The summed E-state index contributed by atoms with van der Waals surface area (Å²) in [6.45, 7) is 2.06. The molecule has 0 bridgehead atoms. The van der Waals surface area contributed by atoms with Crippen molar-refractivity contribution in [1.82, 2.24) is 0 Å². The number of aliphatic hydroxyl groups is 1. The molecule has 0 aromatic heterocycles. The molecule has 64 valence electrons. The zero-order valence-corrected chi connectivity index (χ0v) is 7.33. The lowest BCUT2D eigenvalue weighted by molar-refractivity contribution is 0.154. The zero-order valence-electron chi connectivity index (χ0n) is 7.33. The van der Waals surface area contributed by atoms with Crippen molar-refractivity contribution in [1.29, 1.82) is 0 Å². The van der Waals surface area contributed by atoms with Crippen LogP contribution in [0.15, 0.2) is 24.3 Å². The Morgan fingerprint density at radius 3 is 2.75 bits per heavy atom. The van der Waals surface area contributed by atoms with E-state index in [1.807, 2.05) is 12.1 Å². The molecule has 1 aliphatic carbocycles. The average Bonchev–Trinajstić information content (AvgIpc) is 2.85. The van der Waals surface area contributed by atoms with Crippen LogP contribution in [0.4, 0.5) is 0 Å². The number of benzene rings is 1. The van der Waals surface area contributed by atoms with Crippen molar-refractivity contribution in [3.63, 3.8) is 0 Å². The van der Waals surface area contributed by atoms with Gasteiger partial charge >= 0.3 is 0 Å². The third-order valence-electron chi connectivity index (χ3n) is 2.45. The van der Waals surface area contributed by atoms with Crippen LogP contribution in [-0.4, -0.2) is 5.11 Å². The second kappa shape index (κ2) is 2.91. The van der Waals surface area contributed by atoms with Gasteiger partial charge in [-0.2, -0.15) is 0 Å². The molecule has 1 fully saturated rings. The molecule has 0 amide bonds. The van der Waals surface area contributed by atoms with Gasteiger partial charge in [0.2, 0.25) is 0 Å². The zero-order chi connectivity index (χ0) is 8.55. The Labute approximate surface area is 73.0 Å². The lowest BCUT2D eigenvalue weighted by Crippen LogP contribution is -1.99. The summed E-state index contributed by atoms with van der Waals surface area (Å²) in [6, 6.07) is 8.15. The molecule has 2 rings (SSSR count). The fourth-order valence-electron chi connectivity index (χ4n) is 1.54. The third kappa shape index (κ3) is 1.51. The minimum atomic E-state index is -0.218. The van der Waals surface area contributed by atoms with Gasteiger partial charge in [0.25, 0.3) is 0 Å². The topological polar surface area (TPSA) is 20.2 Å². The first kappa shape index (κ1) is 7.81. The first-order valence-corrected chi connectivity index (χ1v) is 4.52. The largest absolute Gasteiger partial charge is 0.388 e. The predicted octanol–water partition coefficient (Wildman–Crippen LogP) is 2.44. The molecule has 0 spiro atoms. The summed E-state index contributed by atoms with van der Waals surface area (Å²) in [7, 11) is 0. The monoisotopic (exact) mass is 162 g/mol. The summed E-state index contributed by atoms with van der Waals surface area (Å²) in [6.07, 6.45) is 2.16. The van der Waals surface area contributed by atoms with Crippen molar-refractivity contribution in [2.45, 2.75) is 25.9 Å². The molecule has 1 atom stereocenters. The van der Waals surface area contributed by atoms with E-state index in [1.54, 1.807) is 0 Å². The van der Waals surface area contributed by atoms with Crippen LogP contribution in [-0.2, 0) is 0 Å². The van der Waals surface area contributed by atoms with Gasteiger partial charge in [-0.05, 0) is 31.2 Å². The molecule has 1 aromatic rings. The highest BCUT2D eigenvalue weighted by Crippen LogP contribution is 2.40. The van der Waals surface area contributed by atoms with E-state index < -0.39 is 0 Å². The van der Waals surface area contributed by atoms with Gasteiger partial charge in [0.1, 0.15) is 0 Å². The quantitative estimate of drug-likeness (QED) is 0.708. The van der Waals surface area contributed by atoms with Crippen molar-refractivity contribution < 1.29 is 5.11 Å². The van der Waals surface area contributed by atoms with E-state index in [-0.39, 0.29) is 6.10 Å². The molecule has 1 heteroatoms. The Kier molecular flexibility index (Phi) is 1.89. The molecule has 1 aliphatic rings. The fraction of sp³-hybridized carbons (Fsp3) is 0.455. The van der Waals surface area contributed by atoms with Gasteiger partial charge in [0.05, 0.1) is 6.10 Å². The van der Waals surface area contributed by atoms with E-state index in [9.17, 15) is 5.11 Å². The van der Waals surface area contributed by atoms with E-state index in [0.29, 0.717) is 5.92 Å². The summed E-state index contributed by atoms with van der Waals surface area (Å²) in [5, 5.41) is 9.78. The molecular weight excluding hydrogens is 148 g/mol. The number of hydrogen-bond donors (Lipinski definition) is 1. The lowest BCUT2D eigenvalue weighted by Gasteiger charge is -2.09. The molecule has 1 N–H and O–H groups in total. The number of aryl methyl sites for hydroxylation is 1. The maximum Gasteiger partial charge on any atom is 0.0818 e. The SMILES string of the molecule is Cc1cccc([C@H](O)C2CC2)c1. The van der Waals surface area contributed by atoms with E-state index in [0.717, 1.165) is 5.56 Å². The lowest BCUT2D eigenvalue weighted by atomic mass is 10.0. The number of aliphatic hydroxyl groups excluding tert-OH is 1. The van der Waals surface area contributed by atoms with Gasteiger partial charge in [-0.25, -0.2) is 0 Å². The second-order valence-corrected chi connectivity index (χ2v) is 3.70. The number of hydrogen-bond acceptors (Lipinski definition) is 1. The molecule has 0 heterocycles. The maximum absolute atomic E-state index is 9.78. The Hall–Kier alpha value is -0.820. The van der Waals surface area contributed by atoms with Crippen LogP contribution in [0.5, 0.6) is 0 Å². The highest BCUT2D eigenvalue weighted by Gasteiger charge is 2.30. The van der Waals surface area contributed by atoms with Gasteiger partial charge < -0.3 is 5.11 Å². The van der Waals surface area contributed by atoms with Crippen molar-refractivity contribution in [3.05, 3.63) is 35.4 Å². The molecule has 1 saturated carbocycles. The molecule has 0 saturated heterocycles. The third-order valence-corrected chi connectivity index (χ3v) is 2.45. The molecule has 0 aliphatic heterocycles. The second-order valence-electron chi connectivity index (χ2n) is 3.70. The Bertz CT molecular complexity index is 276. The molecule has 1 aromatic carbocycles. The first-order chi connectivity index (χ1) is 5.77. The minimum Gasteiger partial charge on any atom is -0.388 e. The Morgan fingerprint density at radius 1 is 1.42 bits per heavy atom. The average molecular weight is 162 g/mol. The van der Waals surface area contributed by atoms with Crippen LogP contribution in [0, 0.1) is 12.8 Å². The Balaban J connectivity index is 2.20. The normalized spacial score (nSPS) is 19.2. The van der Waals surface area contributed by atoms with Gasteiger partial charge in [0.15, 0.2) is 0 Å². The summed E-state index contributed by atoms with van der Waals surface area (Å²) in [5.41, 5.74) is 2.31. The highest BCUT2D eigenvalue weighted by molar-refractivity contribution is 5.25. The van der Waals surface area contributed by atoms with E-state index in [4.69, 9.17) is 0 Å². The smallest absolute Gasteiger partial charge is 0.0818 e. The van der Waals surface area contributed by atoms with Crippen molar-refractivity contribution >= 4 is 0 Å². The van der Waals surface area contributed by atoms with Gasteiger partial charge in [-0.15, -0.1) is 0 Å². The van der Waals surface area contributed by atoms with Crippen molar-refractivity contribution in [2.24, 2.45) is 5.92 Å². The summed E-state index contributed by atoms with van der Waals surface area (Å²) < 4.78 is 0. The van der Waals surface area contributed by atoms with Gasteiger partial charge in [-0.3, -0.25) is 0 Å². The summed E-state index contributed by atoms with van der Waals surface area (Å²) in [4.78, 5) is 0. The van der Waals surface area contributed by atoms with Gasteiger partial charge in [-0.1, -0.05) is 29.8 Å². The molecule has 0 radical (unpaired) electrons. The van der Waals surface area contributed by atoms with Crippen LogP contribution in [0.25, 0.3) is 0 Å². The molecule has 12 heavy (non-hydrogen) atoms. The van der Waals surface area contributed by atoms with Crippen LogP contribution in [0.3, 0.4) is 0 Å². The van der Waals surface area contributed by atoms with Crippen LogP contribution in [0.1, 0.15) is 30.1 Å². The van der Waals surface area contributed by atoms with E-state index >= 15 is 0 Å². The highest BCUT2D eigenvalue weighted by atomic mass is 16.3. The fourth-order valence-corrected chi connectivity index (χ4v) is 1.54. The minimum absolute atomic E-state index is 0.218. The Morgan fingerprint density at radius 2 is 2.17 bits per heavy atom. The van der Waals surface area contributed by atoms with Gasteiger partial charge in [0, 0.05) is 0 Å². The van der Waals surface area contributed by atoms with Crippen LogP contribution in [0.2, 0.25) is 0 Å². The predicted molar refractivity (Wildman–Crippen MR) is 48.9 cm³/mol. The first-order valence-electron chi connectivity index (χ1n) is 4.52. The van der Waals surface area contributed by atoms with Crippen molar-refractivity contribution in [3.8, 4) is 0 Å². The van der Waals surface area contributed by atoms with E-state index in [1.165, 1.54) is 18.4 Å². The van der Waals surface area contributed by atoms with Crippen LogP contribution >= 0.6 is 0 Å². The van der Waals surface area contributed by atoms with Crippen molar-refractivity contribution in [2.75, 3.05) is 0 Å². The maximum atomic E-state index is 9.78. The summed E-state index contributed by atoms with van der Waals surface area (Å²) >= 11 is 0. The summed E-state index contributed by atoms with van der Waals surface area (Å²) in [5.74, 6) is 0.534. The molecule has 0 unspecified atom stereocenters. The standard InChI is InChI=1S/C11H14O/c1-8-3-2-4-10(7-8)11(12)9-5-6-9/h2-4,7,9,11-12H,5-6H2,1H3/t11-/m1/s1. The van der Waals surface area contributed by atoms with E-state index in [2.05, 4.69) is 19.1 Å². The number of rotatable bonds is 2. The molecule has 1 nitrogen and oxygen atoms in total.